The Balaban J connectivity index is 1.71. The number of halogens is 3. The van der Waals surface area contributed by atoms with Crippen molar-refractivity contribution in [3.8, 4) is 5.75 Å². The number of aromatic nitrogens is 2. The van der Waals surface area contributed by atoms with Crippen LogP contribution in [0.3, 0.4) is 0 Å². The lowest BCUT2D eigenvalue weighted by Crippen LogP contribution is -2.38. The van der Waals surface area contributed by atoms with Crippen LogP contribution >= 0.6 is 0 Å². The molecule has 2 aromatic carbocycles. The van der Waals surface area contributed by atoms with Gasteiger partial charge >= 0.3 is 12.1 Å². The van der Waals surface area contributed by atoms with Crippen molar-refractivity contribution in [2.75, 3.05) is 11.4 Å². The second-order valence-corrected chi connectivity index (χ2v) is 10.2. The molecule has 0 aliphatic carbocycles. The highest BCUT2D eigenvalue weighted by Crippen LogP contribution is 2.34. The predicted molar refractivity (Wildman–Crippen MR) is 122 cm³/mol. The van der Waals surface area contributed by atoms with Gasteiger partial charge in [-0.1, -0.05) is 6.07 Å². The van der Waals surface area contributed by atoms with Crippen molar-refractivity contribution in [3.63, 3.8) is 0 Å². The second-order valence-electron chi connectivity index (χ2n) is 8.26. The molecule has 8 nitrogen and oxygen atoms in total. The minimum Gasteiger partial charge on any atom is -0.491 e. The number of amides is 1. The second kappa shape index (κ2) is 9.34. The molecule has 2 heterocycles. The SMILES string of the molecule is CC(C)Oc1ccc(N(C(=O)C(F)(F)F)c2cccc(S(=O)(=O)N3CCc4[nH]ncc4C3)c2)cc1. The van der Waals surface area contributed by atoms with Gasteiger partial charge in [0, 0.05) is 36.5 Å². The van der Waals surface area contributed by atoms with Gasteiger partial charge in [0.2, 0.25) is 10.0 Å². The molecule has 0 fully saturated rings. The lowest BCUT2D eigenvalue weighted by molar-refractivity contribution is -0.169. The highest BCUT2D eigenvalue weighted by atomic mass is 32.2. The maximum atomic E-state index is 13.5. The van der Waals surface area contributed by atoms with E-state index in [1.807, 2.05) is 0 Å². The Kier molecular flexibility index (Phi) is 6.60. The minimum atomic E-state index is -5.19. The summed E-state index contributed by atoms with van der Waals surface area (Å²) in [6.07, 6.45) is -3.36. The fourth-order valence-corrected chi connectivity index (χ4v) is 5.25. The Hall–Kier alpha value is -3.38. The summed E-state index contributed by atoms with van der Waals surface area (Å²) in [5, 5.41) is 6.74. The molecule has 0 spiro atoms. The Bertz CT molecular complexity index is 1320. The number of nitrogens with zero attached hydrogens (tertiary/aromatic N) is 3. The third kappa shape index (κ3) is 5.17. The van der Waals surface area contributed by atoms with Gasteiger partial charge in [0.15, 0.2) is 0 Å². The van der Waals surface area contributed by atoms with Crippen LogP contribution in [-0.4, -0.2) is 47.7 Å². The third-order valence-electron chi connectivity index (χ3n) is 5.39. The molecule has 186 valence electrons. The molecule has 0 bridgehead atoms. The largest absolute Gasteiger partial charge is 0.491 e. The van der Waals surface area contributed by atoms with Gasteiger partial charge in [0.05, 0.1) is 22.9 Å². The van der Waals surface area contributed by atoms with Crippen LogP contribution in [0.2, 0.25) is 0 Å². The number of rotatable bonds is 6. The first-order valence-corrected chi connectivity index (χ1v) is 12.2. The Morgan fingerprint density at radius 1 is 1.14 bits per heavy atom. The number of hydrogen-bond donors (Lipinski definition) is 1. The fourth-order valence-electron chi connectivity index (χ4n) is 3.79. The summed E-state index contributed by atoms with van der Waals surface area (Å²) in [7, 11) is -4.05. The summed E-state index contributed by atoms with van der Waals surface area (Å²) in [5.74, 6) is -1.73. The van der Waals surface area contributed by atoms with Gasteiger partial charge in [-0.2, -0.15) is 22.6 Å². The van der Waals surface area contributed by atoms with E-state index >= 15 is 0 Å². The zero-order valence-corrected chi connectivity index (χ0v) is 19.7. The van der Waals surface area contributed by atoms with Gasteiger partial charge < -0.3 is 4.74 Å². The van der Waals surface area contributed by atoms with Crippen molar-refractivity contribution in [2.24, 2.45) is 0 Å². The van der Waals surface area contributed by atoms with E-state index in [0.717, 1.165) is 17.3 Å². The number of benzene rings is 2. The van der Waals surface area contributed by atoms with E-state index in [4.69, 9.17) is 4.74 Å². The monoisotopic (exact) mass is 508 g/mol. The molecule has 3 aromatic rings. The lowest BCUT2D eigenvalue weighted by atomic mass is 10.1. The molecular weight excluding hydrogens is 485 g/mol. The first kappa shape index (κ1) is 24.7. The molecule has 0 radical (unpaired) electrons. The minimum absolute atomic E-state index is 0.0842. The van der Waals surface area contributed by atoms with E-state index in [9.17, 15) is 26.4 Å². The van der Waals surface area contributed by atoms with Crippen LogP contribution in [0.5, 0.6) is 5.75 Å². The summed E-state index contributed by atoms with van der Waals surface area (Å²) < 4.78 is 73.9. The van der Waals surface area contributed by atoms with Crippen LogP contribution in [-0.2, 0) is 27.8 Å². The molecule has 1 aliphatic rings. The van der Waals surface area contributed by atoms with E-state index in [2.05, 4.69) is 10.2 Å². The predicted octanol–water partition coefficient (Wildman–Crippen LogP) is 4.17. The molecule has 1 aromatic heterocycles. The molecule has 0 atom stereocenters. The number of fused-ring (bicyclic) bond motifs is 1. The van der Waals surface area contributed by atoms with Gasteiger partial charge in [-0.05, 0) is 56.3 Å². The lowest BCUT2D eigenvalue weighted by Gasteiger charge is -2.27. The van der Waals surface area contributed by atoms with Gasteiger partial charge in [-0.3, -0.25) is 14.8 Å². The summed E-state index contributed by atoms with van der Waals surface area (Å²) in [6, 6.07) is 10.4. The summed E-state index contributed by atoms with van der Waals surface area (Å²) in [5.41, 5.74) is 1.26. The molecule has 0 unspecified atom stereocenters. The van der Waals surface area contributed by atoms with Crippen molar-refractivity contribution in [2.45, 2.75) is 44.0 Å². The summed E-state index contributed by atoms with van der Waals surface area (Å²) >= 11 is 0. The van der Waals surface area contributed by atoms with Gasteiger partial charge in [-0.15, -0.1) is 0 Å². The number of alkyl halides is 3. The number of aromatic amines is 1. The third-order valence-corrected chi connectivity index (χ3v) is 7.23. The van der Waals surface area contributed by atoms with Crippen molar-refractivity contribution in [1.29, 1.82) is 0 Å². The van der Waals surface area contributed by atoms with Crippen LogP contribution in [0.4, 0.5) is 24.5 Å². The molecule has 0 saturated heterocycles. The number of hydrogen-bond acceptors (Lipinski definition) is 5. The van der Waals surface area contributed by atoms with Gasteiger partial charge in [-0.25, -0.2) is 8.42 Å². The molecule has 1 amide bonds. The number of carbonyl (C=O) groups excluding carboxylic acids is 1. The van der Waals surface area contributed by atoms with E-state index in [1.165, 1.54) is 46.8 Å². The molecule has 1 aliphatic heterocycles. The van der Waals surface area contributed by atoms with Crippen LogP contribution in [0.15, 0.2) is 59.6 Å². The van der Waals surface area contributed by atoms with Crippen LogP contribution in [0.1, 0.15) is 25.1 Å². The highest BCUT2D eigenvalue weighted by Gasteiger charge is 2.44. The van der Waals surface area contributed by atoms with Gasteiger partial charge in [0.1, 0.15) is 5.75 Å². The van der Waals surface area contributed by atoms with E-state index in [1.54, 1.807) is 20.0 Å². The number of sulfonamides is 1. The Morgan fingerprint density at radius 2 is 1.86 bits per heavy atom. The normalized spacial score (nSPS) is 14.6. The first-order chi connectivity index (χ1) is 16.5. The Labute approximate surface area is 200 Å². The zero-order valence-electron chi connectivity index (χ0n) is 18.9. The number of carbonyl (C=O) groups is 1. The van der Waals surface area contributed by atoms with Crippen molar-refractivity contribution in [3.05, 3.63) is 66.0 Å². The first-order valence-electron chi connectivity index (χ1n) is 10.8. The maximum absolute atomic E-state index is 13.5. The van der Waals surface area contributed by atoms with Crippen molar-refractivity contribution >= 4 is 27.3 Å². The number of nitrogens with one attached hydrogen (secondary N) is 1. The highest BCUT2D eigenvalue weighted by molar-refractivity contribution is 7.89. The molecule has 4 rings (SSSR count). The number of H-pyrrole nitrogens is 1. The van der Waals surface area contributed by atoms with Crippen LogP contribution in [0, 0.1) is 0 Å². The fraction of sp³-hybridized carbons (Fsp3) is 0.304. The van der Waals surface area contributed by atoms with Crippen molar-refractivity contribution in [1.82, 2.24) is 14.5 Å². The molecule has 0 saturated carbocycles. The Morgan fingerprint density at radius 3 is 2.51 bits per heavy atom. The maximum Gasteiger partial charge on any atom is 0.472 e. The quantitative estimate of drug-likeness (QED) is 0.539. The summed E-state index contributed by atoms with van der Waals surface area (Å²) in [4.78, 5) is 12.6. The zero-order chi connectivity index (χ0) is 25.4. The van der Waals surface area contributed by atoms with E-state index in [0.29, 0.717) is 17.1 Å². The number of anilines is 2. The molecule has 35 heavy (non-hydrogen) atoms. The van der Waals surface area contributed by atoms with Crippen LogP contribution in [0.25, 0.3) is 0 Å². The van der Waals surface area contributed by atoms with Crippen molar-refractivity contribution < 1.29 is 31.1 Å². The van der Waals surface area contributed by atoms with Gasteiger partial charge in [0.25, 0.3) is 0 Å². The summed E-state index contributed by atoms with van der Waals surface area (Å²) in [6.45, 7) is 3.87. The molecule has 12 heteroatoms. The standard InChI is InChI=1S/C23H23F3N4O4S/c1-15(2)34-19-8-6-17(7-9-19)30(22(31)23(24,25)26)18-4-3-5-20(12-18)35(32,33)29-11-10-21-16(14-29)13-27-28-21/h3-9,12-13,15H,10-11,14H2,1-2H3,(H,27,28). The average molecular weight is 509 g/mol. The van der Waals surface area contributed by atoms with Crippen LogP contribution < -0.4 is 9.64 Å². The molecular formula is C23H23F3N4O4S. The average Bonchev–Trinajstić information content (AvgIpc) is 3.27. The molecule has 1 N–H and O–H groups in total. The van der Waals surface area contributed by atoms with E-state index in [-0.39, 0.29) is 35.5 Å². The number of ether oxygens (including phenoxy) is 1. The topological polar surface area (TPSA) is 95.6 Å². The smallest absolute Gasteiger partial charge is 0.472 e. The van der Waals surface area contributed by atoms with E-state index < -0.39 is 22.1 Å².